The molecule has 0 aliphatic heterocycles. The van der Waals surface area contributed by atoms with Crippen molar-refractivity contribution in [2.75, 3.05) is 0 Å². The van der Waals surface area contributed by atoms with Gasteiger partial charge in [0.05, 0.1) is 6.42 Å². The second-order valence-electron chi connectivity index (χ2n) is 4.54. The molecule has 0 aliphatic rings. The van der Waals surface area contributed by atoms with Gasteiger partial charge in [-0.3, -0.25) is 4.79 Å². The molecule has 0 radical (unpaired) electrons. The minimum absolute atomic E-state index is 0.0832. The summed E-state index contributed by atoms with van der Waals surface area (Å²) in [4.78, 5) is 23.0. The van der Waals surface area contributed by atoms with Crippen LogP contribution in [0.1, 0.15) is 25.8 Å². The summed E-state index contributed by atoms with van der Waals surface area (Å²) in [7, 11) is 0. The Kier molecular flexibility index (Phi) is 5.83. The monoisotopic (exact) mass is 283 g/mol. The summed E-state index contributed by atoms with van der Waals surface area (Å²) >= 11 is 5.96. The van der Waals surface area contributed by atoms with Crippen LogP contribution in [0.15, 0.2) is 24.3 Å². The van der Waals surface area contributed by atoms with Crippen molar-refractivity contribution in [3.63, 3.8) is 0 Å². The van der Waals surface area contributed by atoms with Crippen LogP contribution in [0.25, 0.3) is 0 Å². The average molecular weight is 284 g/mol. The average Bonchev–Trinajstić information content (AvgIpc) is 2.37. The van der Waals surface area contributed by atoms with Gasteiger partial charge in [0.1, 0.15) is 6.04 Å². The quantitative estimate of drug-likeness (QED) is 0.843. The van der Waals surface area contributed by atoms with E-state index in [2.05, 4.69) is 5.32 Å². The highest BCUT2D eigenvalue weighted by Gasteiger charge is 2.25. The molecule has 1 amide bonds. The summed E-state index contributed by atoms with van der Waals surface area (Å²) < 4.78 is 0. The second kappa shape index (κ2) is 7.14. The number of carbonyl (C=O) groups excluding carboxylic acids is 1. The van der Waals surface area contributed by atoms with Crippen LogP contribution >= 0.6 is 11.6 Å². The number of halogens is 1. The van der Waals surface area contributed by atoms with Gasteiger partial charge in [0.25, 0.3) is 0 Å². The molecule has 104 valence electrons. The first kappa shape index (κ1) is 15.5. The third kappa shape index (κ3) is 4.56. The molecular weight excluding hydrogens is 266 g/mol. The van der Waals surface area contributed by atoms with Crippen LogP contribution in [-0.2, 0) is 16.0 Å². The number of nitrogens with one attached hydrogen (secondary N) is 1. The van der Waals surface area contributed by atoms with E-state index < -0.39 is 12.0 Å². The Bertz CT molecular complexity index is 462. The first-order valence-corrected chi connectivity index (χ1v) is 6.59. The van der Waals surface area contributed by atoms with Crippen molar-refractivity contribution >= 4 is 23.5 Å². The summed E-state index contributed by atoms with van der Waals surface area (Å²) in [5.41, 5.74) is 0.690. The Morgan fingerprint density at radius 1 is 1.37 bits per heavy atom. The standard InChI is InChI=1S/C14H18ClNO3/c1-3-9(2)13(14(18)19)16-12(17)8-10-6-4-5-7-11(10)15/h4-7,9,13H,3,8H2,1-2H3,(H,16,17)(H,18,19)/t9?,13-/m0/s1. The molecule has 0 bridgehead atoms. The number of benzene rings is 1. The van der Waals surface area contributed by atoms with E-state index in [9.17, 15) is 9.59 Å². The van der Waals surface area contributed by atoms with E-state index in [1.165, 1.54) is 0 Å². The minimum Gasteiger partial charge on any atom is -0.480 e. The first-order valence-electron chi connectivity index (χ1n) is 6.21. The zero-order chi connectivity index (χ0) is 14.4. The normalized spacial score (nSPS) is 13.6. The lowest BCUT2D eigenvalue weighted by molar-refractivity contribution is -0.143. The maximum Gasteiger partial charge on any atom is 0.326 e. The van der Waals surface area contributed by atoms with E-state index in [1.807, 2.05) is 6.92 Å². The molecule has 0 spiro atoms. The van der Waals surface area contributed by atoms with E-state index >= 15 is 0 Å². The topological polar surface area (TPSA) is 66.4 Å². The molecule has 0 aromatic heterocycles. The van der Waals surface area contributed by atoms with E-state index in [0.29, 0.717) is 17.0 Å². The van der Waals surface area contributed by atoms with Crippen molar-refractivity contribution in [1.82, 2.24) is 5.32 Å². The van der Waals surface area contributed by atoms with Gasteiger partial charge < -0.3 is 10.4 Å². The van der Waals surface area contributed by atoms with Crippen LogP contribution in [0.2, 0.25) is 5.02 Å². The summed E-state index contributed by atoms with van der Waals surface area (Å²) in [6.45, 7) is 3.69. The predicted molar refractivity (Wildman–Crippen MR) is 74.2 cm³/mol. The third-order valence-electron chi connectivity index (χ3n) is 3.10. The summed E-state index contributed by atoms with van der Waals surface area (Å²) in [6, 6.07) is 6.16. The molecule has 19 heavy (non-hydrogen) atoms. The second-order valence-corrected chi connectivity index (χ2v) is 4.94. The number of rotatable bonds is 6. The van der Waals surface area contributed by atoms with Crippen molar-refractivity contribution in [1.29, 1.82) is 0 Å². The third-order valence-corrected chi connectivity index (χ3v) is 3.47. The van der Waals surface area contributed by atoms with Gasteiger partial charge in [0.15, 0.2) is 0 Å². The van der Waals surface area contributed by atoms with Gasteiger partial charge in [-0.15, -0.1) is 0 Å². The molecule has 2 N–H and O–H groups in total. The van der Waals surface area contributed by atoms with Crippen LogP contribution in [0.5, 0.6) is 0 Å². The van der Waals surface area contributed by atoms with Gasteiger partial charge in [-0.25, -0.2) is 4.79 Å². The highest BCUT2D eigenvalue weighted by Crippen LogP contribution is 2.16. The maximum atomic E-state index is 11.9. The zero-order valence-corrected chi connectivity index (χ0v) is 11.8. The van der Waals surface area contributed by atoms with Gasteiger partial charge in [-0.1, -0.05) is 50.1 Å². The number of carbonyl (C=O) groups is 2. The number of aliphatic carboxylic acids is 1. The summed E-state index contributed by atoms with van der Waals surface area (Å²) in [5, 5.41) is 12.2. The number of hydrogen-bond acceptors (Lipinski definition) is 2. The van der Waals surface area contributed by atoms with Gasteiger partial charge >= 0.3 is 5.97 Å². The zero-order valence-electron chi connectivity index (χ0n) is 11.0. The van der Waals surface area contributed by atoms with Crippen LogP contribution in [0.4, 0.5) is 0 Å². The molecule has 4 nitrogen and oxygen atoms in total. The number of carboxylic acids is 1. The SMILES string of the molecule is CCC(C)[C@H](NC(=O)Cc1ccccc1Cl)C(=O)O. The first-order chi connectivity index (χ1) is 8.95. The van der Waals surface area contributed by atoms with Crippen molar-refractivity contribution in [3.05, 3.63) is 34.9 Å². The Morgan fingerprint density at radius 3 is 2.53 bits per heavy atom. The highest BCUT2D eigenvalue weighted by atomic mass is 35.5. The van der Waals surface area contributed by atoms with Crippen molar-refractivity contribution in [2.45, 2.75) is 32.7 Å². The van der Waals surface area contributed by atoms with Crippen LogP contribution in [-0.4, -0.2) is 23.0 Å². The molecule has 5 heteroatoms. The maximum absolute atomic E-state index is 11.9. The van der Waals surface area contributed by atoms with Crippen molar-refractivity contribution < 1.29 is 14.7 Å². The van der Waals surface area contributed by atoms with Crippen LogP contribution < -0.4 is 5.32 Å². The van der Waals surface area contributed by atoms with Gasteiger partial charge in [-0.2, -0.15) is 0 Å². The molecule has 0 saturated heterocycles. The molecule has 0 saturated carbocycles. The number of amides is 1. The lowest BCUT2D eigenvalue weighted by atomic mass is 9.99. The van der Waals surface area contributed by atoms with E-state index in [4.69, 9.17) is 16.7 Å². The van der Waals surface area contributed by atoms with Gasteiger partial charge in [-0.05, 0) is 17.5 Å². The number of carboxylic acid groups (broad SMARTS) is 1. The Morgan fingerprint density at radius 2 is 2.00 bits per heavy atom. The highest BCUT2D eigenvalue weighted by molar-refractivity contribution is 6.31. The van der Waals surface area contributed by atoms with Crippen LogP contribution in [0.3, 0.4) is 0 Å². The molecular formula is C14H18ClNO3. The van der Waals surface area contributed by atoms with E-state index in [1.54, 1.807) is 31.2 Å². The van der Waals surface area contributed by atoms with Crippen molar-refractivity contribution in [2.24, 2.45) is 5.92 Å². The Labute approximate surface area is 117 Å². The lowest BCUT2D eigenvalue weighted by Gasteiger charge is -2.20. The molecule has 0 aliphatic carbocycles. The molecule has 1 aromatic carbocycles. The lowest BCUT2D eigenvalue weighted by Crippen LogP contribution is -2.45. The smallest absolute Gasteiger partial charge is 0.326 e. The fourth-order valence-corrected chi connectivity index (χ4v) is 1.92. The van der Waals surface area contributed by atoms with Gasteiger partial charge in [0, 0.05) is 5.02 Å². The molecule has 0 heterocycles. The molecule has 1 rings (SSSR count). The molecule has 0 fully saturated rings. The van der Waals surface area contributed by atoms with Gasteiger partial charge in [0.2, 0.25) is 5.91 Å². The number of hydrogen-bond donors (Lipinski definition) is 2. The van der Waals surface area contributed by atoms with E-state index in [0.717, 1.165) is 0 Å². The summed E-state index contributed by atoms with van der Waals surface area (Å²) in [6.07, 6.45) is 0.767. The predicted octanol–water partition coefficient (Wildman–Crippen LogP) is 2.50. The Hall–Kier alpha value is -1.55. The largest absolute Gasteiger partial charge is 0.480 e. The summed E-state index contributed by atoms with van der Waals surface area (Å²) in [5.74, 6) is -1.46. The van der Waals surface area contributed by atoms with Crippen LogP contribution in [0, 0.1) is 5.92 Å². The fraction of sp³-hybridized carbons (Fsp3) is 0.429. The minimum atomic E-state index is -1.01. The fourth-order valence-electron chi connectivity index (χ4n) is 1.72. The molecule has 1 unspecified atom stereocenters. The van der Waals surface area contributed by atoms with Crippen molar-refractivity contribution in [3.8, 4) is 0 Å². The van der Waals surface area contributed by atoms with E-state index in [-0.39, 0.29) is 18.2 Å². The molecule has 1 aromatic rings. The molecule has 2 atom stereocenters. The Balaban J connectivity index is 2.68.